The van der Waals surface area contributed by atoms with Crippen molar-refractivity contribution < 1.29 is 4.74 Å². The number of fused-ring (bicyclic) bond motifs is 1. The van der Waals surface area contributed by atoms with E-state index in [1.807, 2.05) is 19.2 Å². The fourth-order valence-electron chi connectivity index (χ4n) is 1.75. The highest BCUT2D eigenvalue weighted by Gasteiger charge is 2.08. The second kappa shape index (κ2) is 5.00. The van der Waals surface area contributed by atoms with Crippen molar-refractivity contribution in [3.63, 3.8) is 0 Å². The number of nitrogens with zero attached hydrogens (tertiary/aromatic N) is 4. The molecule has 8 nitrogen and oxygen atoms in total. The Morgan fingerprint density at radius 2 is 2.30 bits per heavy atom. The summed E-state index contributed by atoms with van der Waals surface area (Å²) in [6.45, 7) is 0.330. The number of hydrogen-bond acceptors (Lipinski definition) is 7. The molecular weight excluding hydrogens is 258 g/mol. The molecule has 3 aromatic heterocycles. The van der Waals surface area contributed by atoms with E-state index < -0.39 is 0 Å². The molecule has 4 N–H and O–H groups in total. The number of pyridine rings is 1. The number of H-pyrrole nitrogens is 1. The summed E-state index contributed by atoms with van der Waals surface area (Å²) in [6.07, 6.45) is 3.29. The minimum absolute atomic E-state index is 0.210. The van der Waals surface area contributed by atoms with E-state index in [9.17, 15) is 0 Å². The molecule has 0 aliphatic rings. The quantitative estimate of drug-likeness (QED) is 0.647. The number of hydrogen-bond donors (Lipinski definition) is 3. The van der Waals surface area contributed by atoms with Crippen molar-refractivity contribution in [3.05, 3.63) is 30.1 Å². The highest BCUT2D eigenvalue weighted by molar-refractivity contribution is 5.84. The minimum atomic E-state index is 0.210. The van der Waals surface area contributed by atoms with Crippen molar-refractivity contribution >= 4 is 22.7 Å². The lowest BCUT2D eigenvalue weighted by Gasteiger charge is -2.06. The number of nitrogen functional groups attached to an aromatic ring is 1. The van der Waals surface area contributed by atoms with Crippen LogP contribution in [-0.2, 0) is 6.61 Å². The third-order valence-electron chi connectivity index (χ3n) is 2.77. The fraction of sp³-hybridized carbons (Fsp3) is 0.167. The average Bonchev–Trinajstić information content (AvgIpc) is 2.94. The predicted molar refractivity (Wildman–Crippen MR) is 74.2 cm³/mol. The number of ether oxygens (including phenoxy) is 1. The molecule has 0 aliphatic carbocycles. The molecule has 8 heteroatoms. The van der Waals surface area contributed by atoms with Crippen LogP contribution in [0.15, 0.2) is 24.5 Å². The van der Waals surface area contributed by atoms with Crippen LogP contribution in [0, 0.1) is 0 Å². The van der Waals surface area contributed by atoms with Crippen molar-refractivity contribution in [2.24, 2.45) is 0 Å². The topological polar surface area (TPSA) is 115 Å². The van der Waals surface area contributed by atoms with E-state index in [1.54, 1.807) is 12.4 Å². The largest absolute Gasteiger partial charge is 0.458 e. The van der Waals surface area contributed by atoms with Crippen molar-refractivity contribution in [3.8, 4) is 6.01 Å². The lowest BCUT2D eigenvalue weighted by atomic mass is 10.3. The molecule has 0 saturated heterocycles. The van der Waals surface area contributed by atoms with Gasteiger partial charge in [0.1, 0.15) is 18.2 Å². The summed E-state index contributed by atoms with van der Waals surface area (Å²) in [6, 6.07) is 3.96. The Labute approximate surface area is 114 Å². The molecule has 3 heterocycles. The molecule has 3 rings (SSSR count). The zero-order valence-electron chi connectivity index (χ0n) is 10.8. The number of aromatic amines is 1. The second-order valence-electron chi connectivity index (χ2n) is 4.11. The van der Waals surface area contributed by atoms with Gasteiger partial charge in [-0.3, -0.25) is 5.10 Å². The van der Waals surface area contributed by atoms with Crippen LogP contribution in [0.25, 0.3) is 11.0 Å². The summed E-state index contributed by atoms with van der Waals surface area (Å²) in [4.78, 5) is 12.4. The summed E-state index contributed by atoms with van der Waals surface area (Å²) in [5.74, 6) is 1.11. The molecule has 0 radical (unpaired) electrons. The van der Waals surface area contributed by atoms with Crippen LogP contribution >= 0.6 is 0 Å². The van der Waals surface area contributed by atoms with Crippen LogP contribution in [0.2, 0.25) is 0 Å². The molecule has 20 heavy (non-hydrogen) atoms. The molecule has 0 saturated carbocycles. The van der Waals surface area contributed by atoms with Crippen LogP contribution in [0.3, 0.4) is 0 Å². The van der Waals surface area contributed by atoms with Crippen LogP contribution < -0.4 is 15.8 Å². The van der Waals surface area contributed by atoms with Crippen molar-refractivity contribution in [2.45, 2.75) is 6.61 Å². The Balaban J connectivity index is 1.79. The number of aromatic nitrogens is 5. The van der Waals surface area contributed by atoms with Crippen LogP contribution in [-0.4, -0.2) is 32.2 Å². The first kappa shape index (κ1) is 12.2. The first-order valence-corrected chi connectivity index (χ1v) is 5.98. The predicted octanol–water partition coefficient (Wildman–Crippen LogP) is 0.951. The molecule has 3 aromatic rings. The van der Waals surface area contributed by atoms with Gasteiger partial charge in [0.15, 0.2) is 5.65 Å². The summed E-state index contributed by atoms with van der Waals surface area (Å²) in [5.41, 5.74) is 7.31. The van der Waals surface area contributed by atoms with E-state index in [-0.39, 0.29) is 6.01 Å². The number of nitrogens with two attached hydrogens (primary N) is 1. The van der Waals surface area contributed by atoms with Gasteiger partial charge in [-0.2, -0.15) is 15.1 Å². The van der Waals surface area contributed by atoms with Crippen molar-refractivity contribution in [1.29, 1.82) is 0 Å². The lowest BCUT2D eigenvalue weighted by molar-refractivity contribution is 0.282. The Bertz CT molecular complexity index is 740. The second-order valence-corrected chi connectivity index (χ2v) is 4.11. The van der Waals surface area contributed by atoms with E-state index in [0.29, 0.717) is 23.5 Å². The summed E-state index contributed by atoms with van der Waals surface area (Å²) in [5, 5.41) is 10.2. The summed E-state index contributed by atoms with van der Waals surface area (Å²) in [7, 11) is 1.81. The monoisotopic (exact) mass is 271 g/mol. The van der Waals surface area contributed by atoms with E-state index >= 15 is 0 Å². The number of anilines is 2. The van der Waals surface area contributed by atoms with Gasteiger partial charge in [0.25, 0.3) is 0 Å². The molecule has 0 aliphatic heterocycles. The number of nitrogens with one attached hydrogen (secondary N) is 2. The Kier molecular flexibility index (Phi) is 3.04. The zero-order valence-corrected chi connectivity index (χ0v) is 10.8. The molecule has 0 fully saturated rings. The maximum atomic E-state index is 5.80. The van der Waals surface area contributed by atoms with E-state index in [4.69, 9.17) is 10.5 Å². The lowest BCUT2D eigenvalue weighted by Crippen LogP contribution is -2.03. The number of rotatable bonds is 4. The maximum absolute atomic E-state index is 5.80. The Morgan fingerprint density at radius 1 is 1.40 bits per heavy atom. The molecule has 0 bridgehead atoms. The van der Waals surface area contributed by atoms with Gasteiger partial charge in [-0.25, -0.2) is 4.98 Å². The van der Waals surface area contributed by atoms with Crippen LogP contribution in [0.1, 0.15) is 5.56 Å². The minimum Gasteiger partial charge on any atom is -0.458 e. The van der Waals surface area contributed by atoms with Gasteiger partial charge < -0.3 is 15.8 Å². The summed E-state index contributed by atoms with van der Waals surface area (Å²) >= 11 is 0. The van der Waals surface area contributed by atoms with Gasteiger partial charge in [-0.05, 0) is 17.7 Å². The molecule has 0 aromatic carbocycles. The van der Waals surface area contributed by atoms with Crippen molar-refractivity contribution in [2.75, 3.05) is 18.1 Å². The third-order valence-corrected chi connectivity index (χ3v) is 2.77. The van der Waals surface area contributed by atoms with Crippen molar-refractivity contribution in [1.82, 2.24) is 25.1 Å². The molecular formula is C12H13N7O. The Morgan fingerprint density at radius 3 is 3.15 bits per heavy atom. The normalized spacial score (nSPS) is 10.7. The Hall–Kier alpha value is -2.90. The first-order chi connectivity index (χ1) is 9.76. The standard InChI is InChI=1S/C12H13N7O/c1-14-9-4-7(2-3-15-9)6-20-12-17-10(13)8-5-16-19-11(8)18-12/h2-5H,6H2,1H3,(H,14,15)(H3,13,16,17,18,19). The zero-order chi connectivity index (χ0) is 13.9. The maximum Gasteiger partial charge on any atom is 0.320 e. The third kappa shape index (κ3) is 2.30. The smallest absolute Gasteiger partial charge is 0.320 e. The molecule has 102 valence electrons. The fourth-order valence-corrected chi connectivity index (χ4v) is 1.75. The SMILES string of the molecule is CNc1cc(COc2nc(N)c3cn[nH]c3n2)ccn1. The molecule has 0 unspecified atom stereocenters. The van der Waals surface area contributed by atoms with Gasteiger partial charge >= 0.3 is 6.01 Å². The summed E-state index contributed by atoms with van der Waals surface area (Å²) < 4.78 is 5.54. The van der Waals surface area contributed by atoms with Crippen LogP contribution in [0.5, 0.6) is 6.01 Å². The molecule has 0 amide bonds. The average molecular weight is 271 g/mol. The van der Waals surface area contributed by atoms with Gasteiger partial charge in [-0.15, -0.1) is 0 Å². The highest BCUT2D eigenvalue weighted by atomic mass is 16.5. The van der Waals surface area contributed by atoms with Gasteiger partial charge in [-0.1, -0.05) is 0 Å². The first-order valence-electron chi connectivity index (χ1n) is 5.98. The van der Waals surface area contributed by atoms with E-state index in [1.165, 1.54) is 0 Å². The highest BCUT2D eigenvalue weighted by Crippen LogP contribution is 2.18. The van der Waals surface area contributed by atoms with Crippen LogP contribution in [0.4, 0.5) is 11.6 Å². The van der Waals surface area contributed by atoms with E-state index in [2.05, 4.69) is 30.5 Å². The molecule has 0 spiro atoms. The van der Waals surface area contributed by atoms with Gasteiger partial charge in [0, 0.05) is 13.2 Å². The molecule has 0 atom stereocenters. The van der Waals surface area contributed by atoms with E-state index in [0.717, 1.165) is 11.4 Å². The van der Waals surface area contributed by atoms with Gasteiger partial charge in [0.05, 0.1) is 11.6 Å². The van der Waals surface area contributed by atoms with Gasteiger partial charge in [0.2, 0.25) is 0 Å².